The number of methoxy groups -OCH3 is 1. The summed E-state index contributed by atoms with van der Waals surface area (Å²) in [6.07, 6.45) is -6.86. The molecule has 0 saturated carbocycles. The van der Waals surface area contributed by atoms with Crippen LogP contribution in [0.25, 0.3) is 0 Å². The zero-order chi connectivity index (χ0) is 21.6. The topological polar surface area (TPSA) is 127 Å². The van der Waals surface area contributed by atoms with E-state index in [4.69, 9.17) is 23.5 Å². The standard InChI is InChI=1S/C19H29BO9/c1-18(2)19(3,4)29-20(28-18)10-6-7-11(12(8-10)25-5)26-17-16(24)15(23)14(22)13(9-21)27-17/h6-8,13-17,21-24H,9H2,1-5H3. The van der Waals surface area contributed by atoms with Crippen molar-refractivity contribution in [1.82, 2.24) is 0 Å². The summed E-state index contributed by atoms with van der Waals surface area (Å²) >= 11 is 0. The fourth-order valence-corrected chi connectivity index (χ4v) is 3.20. The maximum absolute atomic E-state index is 10.2. The minimum Gasteiger partial charge on any atom is -0.493 e. The van der Waals surface area contributed by atoms with Crippen LogP contribution in [0.4, 0.5) is 0 Å². The molecule has 2 saturated heterocycles. The van der Waals surface area contributed by atoms with Crippen molar-refractivity contribution >= 4 is 12.6 Å². The van der Waals surface area contributed by atoms with Gasteiger partial charge in [0.15, 0.2) is 11.5 Å². The second-order valence-electron chi connectivity index (χ2n) is 8.31. The summed E-state index contributed by atoms with van der Waals surface area (Å²) in [7, 11) is 0.874. The lowest BCUT2D eigenvalue weighted by atomic mass is 9.79. The van der Waals surface area contributed by atoms with Gasteiger partial charge in [0.2, 0.25) is 6.29 Å². The molecule has 9 nitrogen and oxygen atoms in total. The third-order valence-corrected chi connectivity index (χ3v) is 5.80. The molecule has 3 rings (SSSR count). The lowest BCUT2D eigenvalue weighted by molar-refractivity contribution is -0.277. The first-order valence-corrected chi connectivity index (χ1v) is 9.51. The summed E-state index contributed by atoms with van der Waals surface area (Å²) in [6.45, 7) is 7.30. The number of aliphatic hydroxyl groups is 4. The van der Waals surface area contributed by atoms with Crippen molar-refractivity contribution in [2.24, 2.45) is 0 Å². The van der Waals surface area contributed by atoms with E-state index in [1.54, 1.807) is 18.2 Å². The summed E-state index contributed by atoms with van der Waals surface area (Å²) in [5.41, 5.74) is -0.256. The van der Waals surface area contributed by atoms with Crippen molar-refractivity contribution in [2.45, 2.75) is 69.6 Å². The van der Waals surface area contributed by atoms with E-state index in [9.17, 15) is 20.4 Å². The maximum atomic E-state index is 10.2. The fraction of sp³-hybridized carbons (Fsp3) is 0.684. The number of benzene rings is 1. The quantitative estimate of drug-likeness (QED) is 0.459. The van der Waals surface area contributed by atoms with Gasteiger partial charge in [-0.3, -0.25) is 0 Å². The van der Waals surface area contributed by atoms with Crippen LogP contribution < -0.4 is 14.9 Å². The highest BCUT2D eigenvalue weighted by atomic mass is 16.7. The largest absolute Gasteiger partial charge is 0.494 e. The van der Waals surface area contributed by atoms with Crippen LogP contribution in [0.5, 0.6) is 11.5 Å². The molecule has 0 spiro atoms. The lowest BCUT2D eigenvalue weighted by Gasteiger charge is -2.39. The Bertz CT molecular complexity index is 708. The highest BCUT2D eigenvalue weighted by Gasteiger charge is 2.52. The highest BCUT2D eigenvalue weighted by Crippen LogP contribution is 2.37. The summed E-state index contributed by atoms with van der Waals surface area (Å²) in [6, 6.07) is 5.05. The van der Waals surface area contributed by atoms with Crippen LogP contribution in [-0.2, 0) is 14.0 Å². The summed E-state index contributed by atoms with van der Waals surface area (Å²) < 4.78 is 28.5. The van der Waals surface area contributed by atoms with E-state index in [1.165, 1.54) is 7.11 Å². The van der Waals surface area contributed by atoms with Gasteiger partial charge in [-0.05, 0) is 45.3 Å². The normalized spacial score (nSPS) is 33.6. The fourth-order valence-electron chi connectivity index (χ4n) is 3.20. The highest BCUT2D eigenvalue weighted by molar-refractivity contribution is 6.62. The smallest absolute Gasteiger partial charge is 0.493 e. The van der Waals surface area contributed by atoms with E-state index in [2.05, 4.69) is 0 Å². The molecule has 2 heterocycles. The lowest BCUT2D eigenvalue weighted by Crippen LogP contribution is -2.60. The first kappa shape index (κ1) is 22.3. The molecular weight excluding hydrogens is 383 g/mol. The van der Waals surface area contributed by atoms with Crippen molar-refractivity contribution < 1.29 is 43.9 Å². The van der Waals surface area contributed by atoms with E-state index in [1.807, 2.05) is 27.7 Å². The van der Waals surface area contributed by atoms with Crippen LogP contribution in [0, 0.1) is 0 Å². The zero-order valence-corrected chi connectivity index (χ0v) is 17.2. The van der Waals surface area contributed by atoms with E-state index >= 15 is 0 Å². The van der Waals surface area contributed by atoms with E-state index in [0.29, 0.717) is 5.75 Å². The van der Waals surface area contributed by atoms with Gasteiger partial charge >= 0.3 is 7.12 Å². The van der Waals surface area contributed by atoms with Gasteiger partial charge in [-0.25, -0.2) is 0 Å². The molecule has 0 amide bonds. The average molecular weight is 412 g/mol. The number of aliphatic hydroxyl groups excluding tert-OH is 4. The Kier molecular flexibility index (Phi) is 6.17. The predicted octanol–water partition coefficient (Wildman–Crippen LogP) is -0.827. The molecule has 0 bridgehead atoms. The first-order valence-electron chi connectivity index (χ1n) is 9.51. The van der Waals surface area contributed by atoms with Crippen molar-refractivity contribution in [2.75, 3.05) is 13.7 Å². The van der Waals surface area contributed by atoms with Crippen LogP contribution >= 0.6 is 0 Å². The Morgan fingerprint density at radius 2 is 1.59 bits per heavy atom. The summed E-state index contributed by atoms with van der Waals surface area (Å²) in [5, 5.41) is 39.3. The van der Waals surface area contributed by atoms with Crippen LogP contribution in [-0.4, -0.2) is 83.2 Å². The van der Waals surface area contributed by atoms with Crippen molar-refractivity contribution in [3.8, 4) is 11.5 Å². The average Bonchev–Trinajstić information content (AvgIpc) is 2.89. The third kappa shape index (κ3) is 4.11. The Balaban J connectivity index is 1.80. The monoisotopic (exact) mass is 412 g/mol. The second-order valence-corrected chi connectivity index (χ2v) is 8.31. The van der Waals surface area contributed by atoms with Gasteiger partial charge < -0.3 is 43.9 Å². The molecule has 0 aliphatic carbocycles. The Morgan fingerprint density at radius 3 is 2.14 bits per heavy atom. The number of ether oxygens (including phenoxy) is 3. The van der Waals surface area contributed by atoms with Gasteiger partial charge in [0.25, 0.3) is 0 Å². The van der Waals surface area contributed by atoms with E-state index < -0.39 is 55.6 Å². The molecule has 162 valence electrons. The Morgan fingerprint density at radius 1 is 0.966 bits per heavy atom. The first-order chi connectivity index (χ1) is 13.5. The maximum Gasteiger partial charge on any atom is 0.494 e. The molecule has 0 aromatic heterocycles. The Hall–Kier alpha value is -1.40. The van der Waals surface area contributed by atoms with E-state index in [0.717, 1.165) is 5.46 Å². The number of hydrogen-bond donors (Lipinski definition) is 4. The minimum atomic E-state index is -1.53. The van der Waals surface area contributed by atoms with Crippen molar-refractivity contribution in [3.63, 3.8) is 0 Å². The SMILES string of the molecule is COc1cc(B2OC(C)(C)C(C)(C)O2)ccc1OC1OC(CO)C(O)C(O)C1O. The van der Waals surface area contributed by atoms with Crippen LogP contribution in [0.15, 0.2) is 18.2 Å². The van der Waals surface area contributed by atoms with Gasteiger partial charge in [0.05, 0.1) is 24.9 Å². The molecule has 10 heteroatoms. The molecule has 2 aliphatic rings. The molecule has 4 N–H and O–H groups in total. The Labute approximate surface area is 170 Å². The third-order valence-electron chi connectivity index (χ3n) is 5.80. The molecule has 2 fully saturated rings. The van der Waals surface area contributed by atoms with E-state index in [-0.39, 0.29) is 5.75 Å². The van der Waals surface area contributed by atoms with Crippen LogP contribution in [0.1, 0.15) is 27.7 Å². The molecular formula is C19H29BO9. The zero-order valence-electron chi connectivity index (χ0n) is 17.2. The molecule has 5 atom stereocenters. The minimum absolute atomic E-state index is 0.247. The van der Waals surface area contributed by atoms with Gasteiger partial charge in [-0.15, -0.1) is 0 Å². The van der Waals surface area contributed by atoms with Gasteiger partial charge in [-0.1, -0.05) is 6.07 Å². The summed E-state index contributed by atoms with van der Waals surface area (Å²) in [5.74, 6) is 0.589. The predicted molar refractivity (Wildman–Crippen MR) is 103 cm³/mol. The molecule has 2 aliphatic heterocycles. The molecule has 5 unspecified atom stereocenters. The second kappa shape index (κ2) is 8.03. The van der Waals surface area contributed by atoms with Crippen LogP contribution in [0.2, 0.25) is 0 Å². The van der Waals surface area contributed by atoms with Crippen molar-refractivity contribution in [3.05, 3.63) is 18.2 Å². The van der Waals surface area contributed by atoms with Crippen molar-refractivity contribution in [1.29, 1.82) is 0 Å². The van der Waals surface area contributed by atoms with Gasteiger partial charge in [0, 0.05) is 0 Å². The summed E-state index contributed by atoms with van der Waals surface area (Å²) in [4.78, 5) is 0. The van der Waals surface area contributed by atoms with Gasteiger partial charge in [0.1, 0.15) is 24.4 Å². The molecule has 0 radical (unpaired) electrons. The molecule has 1 aromatic rings. The number of rotatable bonds is 5. The van der Waals surface area contributed by atoms with Crippen LogP contribution in [0.3, 0.4) is 0 Å². The molecule has 29 heavy (non-hydrogen) atoms. The van der Waals surface area contributed by atoms with Gasteiger partial charge in [-0.2, -0.15) is 0 Å². The number of hydrogen-bond acceptors (Lipinski definition) is 9. The molecule has 1 aromatic carbocycles.